The maximum Gasteiger partial charge on any atom is 0.225 e. The monoisotopic (exact) mass is 245 g/mol. The van der Waals surface area contributed by atoms with E-state index in [2.05, 4.69) is 6.92 Å². The van der Waals surface area contributed by atoms with Crippen molar-refractivity contribution in [1.29, 1.82) is 0 Å². The van der Waals surface area contributed by atoms with E-state index in [1.54, 1.807) is 12.1 Å². The predicted molar refractivity (Wildman–Crippen MR) is 69.1 cm³/mol. The van der Waals surface area contributed by atoms with Crippen LogP contribution in [0.15, 0.2) is 18.2 Å². The number of amides is 1. The van der Waals surface area contributed by atoms with Gasteiger partial charge in [-0.1, -0.05) is 13.0 Å². The van der Waals surface area contributed by atoms with E-state index in [9.17, 15) is 9.90 Å². The molecule has 1 unspecified atom stereocenters. The number of carbonyl (C=O) groups is 1. The normalized spacial score (nSPS) is 20.4. The highest BCUT2D eigenvalue weighted by atomic mass is 16.3. The largest absolute Gasteiger partial charge is 0.508 e. The van der Waals surface area contributed by atoms with Crippen LogP contribution in [0.5, 0.6) is 5.75 Å². The Hall–Kier alpha value is -1.51. The summed E-state index contributed by atoms with van der Waals surface area (Å²) >= 11 is 0. The summed E-state index contributed by atoms with van der Waals surface area (Å²) < 4.78 is 0. The van der Waals surface area contributed by atoms with Crippen molar-refractivity contribution in [2.45, 2.75) is 32.7 Å². The van der Waals surface area contributed by atoms with Crippen LogP contribution in [0.4, 0.5) is 0 Å². The fourth-order valence-corrected chi connectivity index (χ4v) is 2.82. The Balaban J connectivity index is 1.75. The van der Waals surface area contributed by atoms with Gasteiger partial charge in [-0.05, 0) is 48.4 Å². The molecule has 1 amide bonds. The minimum atomic E-state index is 0.170. The standard InChI is InChI=1S/C15H19NO2/c1-10(11-2-3-11)15(18)16-7-6-12-4-5-14(17)8-13(12)9-16/h4-5,8,10-11,17H,2-3,6-7,9H2,1H3. The molecule has 3 heteroatoms. The molecule has 0 saturated heterocycles. The second-order valence-electron chi connectivity index (χ2n) is 5.59. The molecule has 1 heterocycles. The maximum atomic E-state index is 12.3. The molecule has 1 saturated carbocycles. The number of benzene rings is 1. The third-order valence-corrected chi connectivity index (χ3v) is 4.23. The van der Waals surface area contributed by atoms with Crippen molar-refractivity contribution in [3.63, 3.8) is 0 Å². The van der Waals surface area contributed by atoms with Crippen LogP contribution in [0.3, 0.4) is 0 Å². The first-order chi connectivity index (χ1) is 8.65. The van der Waals surface area contributed by atoms with Crippen LogP contribution in [0.2, 0.25) is 0 Å². The van der Waals surface area contributed by atoms with Gasteiger partial charge >= 0.3 is 0 Å². The summed E-state index contributed by atoms with van der Waals surface area (Å²) in [5.74, 6) is 1.36. The number of phenols is 1. The summed E-state index contributed by atoms with van der Waals surface area (Å²) in [5, 5.41) is 9.52. The first-order valence-electron chi connectivity index (χ1n) is 6.74. The van der Waals surface area contributed by atoms with Gasteiger partial charge in [0.15, 0.2) is 0 Å². The van der Waals surface area contributed by atoms with Gasteiger partial charge in [0.2, 0.25) is 5.91 Å². The molecule has 0 aromatic heterocycles. The topological polar surface area (TPSA) is 40.5 Å². The highest BCUT2D eigenvalue weighted by Crippen LogP contribution is 2.38. The van der Waals surface area contributed by atoms with E-state index in [-0.39, 0.29) is 11.8 Å². The fourth-order valence-electron chi connectivity index (χ4n) is 2.82. The van der Waals surface area contributed by atoms with E-state index in [0.29, 0.717) is 18.2 Å². The van der Waals surface area contributed by atoms with Gasteiger partial charge in [-0.15, -0.1) is 0 Å². The Labute approximate surface area is 107 Å². The molecule has 0 spiro atoms. The molecule has 0 radical (unpaired) electrons. The number of aromatic hydroxyl groups is 1. The summed E-state index contributed by atoms with van der Waals surface area (Å²) in [6.07, 6.45) is 3.31. The van der Waals surface area contributed by atoms with Crippen LogP contribution in [0.1, 0.15) is 30.9 Å². The van der Waals surface area contributed by atoms with Gasteiger partial charge in [0, 0.05) is 19.0 Å². The number of nitrogens with zero attached hydrogens (tertiary/aromatic N) is 1. The lowest BCUT2D eigenvalue weighted by atomic mass is 9.97. The molecular formula is C15H19NO2. The summed E-state index contributed by atoms with van der Waals surface area (Å²) in [6, 6.07) is 5.48. The average molecular weight is 245 g/mol. The molecule has 1 atom stereocenters. The van der Waals surface area contributed by atoms with Crippen LogP contribution in [-0.4, -0.2) is 22.5 Å². The zero-order valence-corrected chi connectivity index (χ0v) is 10.7. The second-order valence-corrected chi connectivity index (χ2v) is 5.59. The van der Waals surface area contributed by atoms with Crippen LogP contribution in [-0.2, 0) is 17.8 Å². The molecule has 1 aliphatic heterocycles. The van der Waals surface area contributed by atoms with Gasteiger partial charge in [-0.2, -0.15) is 0 Å². The summed E-state index contributed by atoms with van der Waals surface area (Å²) in [4.78, 5) is 14.3. The Morgan fingerprint density at radius 3 is 2.89 bits per heavy atom. The van der Waals surface area contributed by atoms with Crippen molar-refractivity contribution < 1.29 is 9.90 Å². The Kier molecular flexibility index (Phi) is 2.77. The first kappa shape index (κ1) is 11.6. The molecule has 1 aromatic carbocycles. The zero-order valence-electron chi connectivity index (χ0n) is 10.7. The molecule has 1 aromatic rings. The Bertz CT molecular complexity index is 479. The number of rotatable bonds is 2. The van der Waals surface area contributed by atoms with E-state index >= 15 is 0 Å². The summed E-state index contributed by atoms with van der Waals surface area (Å²) in [7, 11) is 0. The number of hydrogen-bond acceptors (Lipinski definition) is 2. The van der Waals surface area contributed by atoms with Gasteiger partial charge in [0.1, 0.15) is 5.75 Å². The van der Waals surface area contributed by atoms with Crippen molar-refractivity contribution in [2.24, 2.45) is 11.8 Å². The number of carbonyl (C=O) groups excluding carboxylic acids is 1. The lowest BCUT2D eigenvalue weighted by Gasteiger charge is -2.31. The highest BCUT2D eigenvalue weighted by Gasteiger charge is 2.35. The minimum Gasteiger partial charge on any atom is -0.508 e. The predicted octanol–water partition coefficient (Wildman–Crippen LogP) is 2.32. The van der Waals surface area contributed by atoms with E-state index in [1.807, 2.05) is 11.0 Å². The smallest absolute Gasteiger partial charge is 0.225 e. The Morgan fingerprint density at radius 2 is 2.17 bits per heavy atom. The molecule has 1 N–H and O–H groups in total. The van der Waals surface area contributed by atoms with E-state index < -0.39 is 0 Å². The average Bonchev–Trinajstić information content (AvgIpc) is 3.20. The maximum absolute atomic E-state index is 12.3. The number of hydrogen-bond donors (Lipinski definition) is 1. The molecule has 18 heavy (non-hydrogen) atoms. The van der Waals surface area contributed by atoms with Gasteiger partial charge in [-0.3, -0.25) is 4.79 Å². The fraction of sp³-hybridized carbons (Fsp3) is 0.533. The molecule has 1 aliphatic carbocycles. The molecule has 0 bridgehead atoms. The van der Waals surface area contributed by atoms with Gasteiger partial charge in [-0.25, -0.2) is 0 Å². The lowest BCUT2D eigenvalue weighted by molar-refractivity contribution is -0.136. The van der Waals surface area contributed by atoms with E-state index in [1.165, 1.54) is 18.4 Å². The van der Waals surface area contributed by atoms with Crippen molar-refractivity contribution in [1.82, 2.24) is 4.90 Å². The third kappa shape index (κ3) is 2.09. The van der Waals surface area contributed by atoms with Crippen LogP contribution in [0, 0.1) is 11.8 Å². The van der Waals surface area contributed by atoms with E-state index in [0.717, 1.165) is 18.5 Å². The van der Waals surface area contributed by atoms with Crippen LogP contribution < -0.4 is 0 Å². The lowest BCUT2D eigenvalue weighted by Crippen LogP contribution is -2.39. The van der Waals surface area contributed by atoms with Gasteiger partial charge in [0.05, 0.1) is 0 Å². The molecule has 2 aliphatic rings. The zero-order chi connectivity index (χ0) is 12.7. The van der Waals surface area contributed by atoms with Crippen LogP contribution >= 0.6 is 0 Å². The molecule has 3 nitrogen and oxygen atoms in total. The quantitative estimate of drug-likeness (QED) is 0.868. The van der Waals surface area contributed by atoms with Gasteiger partial charge in [0.25, 0.3) is 0 Å². The SMILES string of the molecule is CC(C(=O)N1CCc2ccc(O)cc2C1)C1CC1. The number of phenolic OH excluding ortho intramolecular Hbond substituents is 1. The first-order valence-corrected chi connectivity index (χ1v) is 6.74. The summed E-state index contributed by atoms with van der Waals surface area (Å²) in [5.41, 5.74) is 2.36. The second kappa shape index (κ2) is 4.30. The Morgan fingerprint density at radius 1 is 1.39 bits per heavy atom. The molecule has 3 rings (SSSR count). The highest BCUT2D eigenvalue weighted by molar-refractivity contribution is 5.79. The van der Waals surface area contributed by atoms with Crippen LogP contribution in [0.25, 0.3) is 0 Å². The third-order valence-electron chi connectivity index (χ3n) is 4.23. The van der Waals surface area contributed by atoms with Gasteiger partial charge < -0.3 is 10.0 Å². The van der Waals surface area contributed by atoms with Crippen molar-refractivity contribution >= 4 is 5.91 Å². The number of fused-ring (bicyclic) bond motifs is 1. The minimum absolute atomic E-state index is 0.170. The van der Waals surface area contributed by atoms with Crippen molar-refractivity contribution in [3.05, 3.63) is 29.3 Å². The molecule has 1 fully saturated rings. The molecular weight excluding hydrogens is 226 g/mol. The summed E-state index contributed by atoms with van der Waals surface area (Å²) in [6.45, 7) is 3.52. The molecule has 96 valence electrons. The van der Waals surface area contributed by atoms with Crippen molar-refractivity contribution in [2.75, 3.05) is 6.54 Å². The van der Waals surface area contributed by atoms with Crippen molar-refractivity contribution in [3.8, 4) is 5.75 Å². The van der Waals surface area contributed by atoms with E-state index in [4.69, 9.17) is 0 Å².